The van der Waals surface area contributed by atoms with Crippen LogP contribution in [0.1, 0.15) is 22.3 Å². The molecule has 0 bridgehead atoms. The fourth-order valence-corrected chi connectivity index (χ4v) is 5.67. The molecule has 7 heteroatoms. The molecule has 4 rings (SSSR count). The molecule has 0 aliphatic rings. The Morgan fingerprint density at radius 3 is 2.31 bits per heavy atom. The highest BCUT2D eigenvalue weighted by atomic mass is 32.2. The number of carbonyl (C=O) groups is 1. The maximum atomic E-state index is 13.3. The van der Waals surface area contributed by atoms with Crippen LogP contribution in [0.15, 0.2) is 71.6 Å². The van der Waals surface area contributed by atoms with Crippen molar-refractivity contribution in [1.29, 1.82) is 0 Å². The second kappa shape index (κ2) is 8.84. The Balaban J connectivity index is 1.71. The lowest BCUT2D eigenvalue weighted by atomic mass is 10.1. The smallest absolute Gasteiger partial charge is 0.244 e. The number of aromatic nitrogens is 1. The quantitative estimate of drug-likeness (QED) is 0.392. The van der Waals surface area contributed by atoms with E-state index in [1.165, 1.54) is 16.2 Å². The van der Waals surface area contributed by atoms with Gasteiger partial charge in [0.05, 0.1) is 21.7 Å². The molecule has 4 aromatic rings. The zero-order valence-electron chi connectivity index (χ0n) is 18.2. The standard InChI is InChI=1S/C25H24N2O3S2/c1-17-9-12-21(13-10-17)32(29,30)16-23(28)27(15-20-7-5-4-6-8-20)25-26-24-19(3)18(2)11-14-22(24)31-25/h4-14H,15-16H2,1-3H3. The molecular formula is C25H24N2O3S2. The van der Waals surface area contributed by atoms with Crippen LogP contribution in [0.3, 0.4) is 0 Å². The molecular weight excluding hydrogens is 440 g/mol. The van der Waals surface area contributed by atoms with E-state index in [9.17, 15) is 13.2 Å². The van der Waals surface area contributed by atoms with Gasteiger partial charge in [-0.2, -0.15) is 0 Å². The van der Waals surface area contributed by atoms with Crippen LogP contribution >= 0.6 is 11.3 Å². The minimum Gasteiger partial charge on any atom is -0.283 e. The zero-order valence-corrected chi connectivity index (χ0v) is 19.8. The summed E-state index contributed by atoms with van der Waals surface area (Å²) in [4.78, 5) is 19.7. The molecule has 1 heterocycles. The van der Waals surface area contributed by atoms with Crippen LogP contribution in [0.4, 0.5) is 5.13 Å². The van der Waals surface area contributed by atoms with Crippen LogP contribution in [-0.4, -0.2) is 25.1 Å². The number of benzene rings is 3. The molecule has 0 N–H and O–H groups in total. The van der Waals surface area contributed by atoms with Gasteiger partial charge in [0.25, 0.3) is 0 Å². The highest BCUT2D eigenvalue weighted by Gasteiger charge is 2.27. The Morgan fingerprint density at radius 2 is 1.62 bits per heavy atom. The number of rotatable bonds is 6. The number of sulfone groups is 1. The van der Waals surface area contributed by atoms with Crippen molar-refractivity contribution < 1.29 is 13.2 Å². The van der Waals surface area contributed by atoms with Gasteiger partial charge in [0.2, 0.25) is 5.91 Å². The first-order valence-electron chi connectivity index (χ1n) is 10.2. The summed E-state index contributed by atoms with van der Waals surface area (Å²) < 4.78 is 26.9. The Kier molecular flexibility index (Phi) is 6.13. The van der Waals surface area contributed by atoms with Crippen LogP contribution in [0.25, 0.3) is 10.2 Å². The summed E-state index contributed by atoms with van der Waals surface area (Å²) >= 11 is 1.40. The normalized spacial score (nSPS) is 11.6. The second-order valence-corrected chi connectivity index (χ2v) is 10.9. The Hall–Kier alpha value is -3.03. The SMILES string of the molecule is Cc1ccc(S(=O)(=O)CC(=O)N(Cc2ccccc2)c2nc3c(C)c(C)ccc3s2)cc1. The van der Waals surface area contributed by atoms with Gasteiger partial charge in [-0.05, 0) is 55.7 Å². The molecule has 0 unspecified atom stereocenters. The van der Waals surface area contributed by atoms with Crippen molar-refractivity contribution >= 4 is 42.4 Å². The first-order valence-corrected chi connectivity index (χ1v) is 12.7. The maximum Gasteiger partial charge on any atom is 0.244 e. The molecule has 32 heavy (non-hydrogen) atoms. The van der Waals surface area contributed by atoms with Gasteiger partial charge in [-0.3, -0.25) is 9.69 Å². The lowest BCUT2D eigenvalue weighted by Crippen LogP contribution is -2.35. The number of fused-ring (bicyclic) bond motifs is 1. The maximum absolute atomic E-state index is 13.3. The third kappa shape index (κ3) is 4.59. The predicted octanol–water partition coefficient (Wildman–Crippen LogP) is 5.23. The minimum absolute atomic E-state index is 0.145. The molecule has 0 spiro atoms. The molecule has 164 valence electrons. The number of thiazole rings is 1. The van der Waals surface area contributed by atoms with Crippen molar-refractivity contribution in [3.8, 4) is 0 Å². The largest absolute Gasteiger partial charge is 0.283 e. The minimum atomic E-state index is -3.78. The van der Waals surface area contributed by atoms with Crippen molar-refractivity contribution in [2.45, 2.75) is 32.2 Å². The fraction of sp³-hybridized carbons (Fsp3) is 0.200. The third-order valence-corrected chi connectivity index (χ3v) is 8.14. The molecule has 1 amide bonds. The van der Waals surface area contributed by atoms with E-state index in [2.05, 4.69) is 0 Å². The van der Waals surface area contributed by atoms with E-state index < -0.39 is 21.5 Å². The molecule has 5 nitrogen and oxygen atoms in total. The van der Waals surface area contributed by atoms with E-state index in [1.807, 2.05) is 63.2 Å². The van der Waals surface area contributed by atoms with Gasteiger partial charge in [-0.1, -0.05) is 65.4 Å². The van der Waals surface area contributed by atoms with Crippen LogP contribution in [0.2, 0.25) is 0 Å². The molecule has 0 aliphatic heterocycles. The van der Waals surface area contributed by atoms with Crippen molar-refractivity contribution in [2.24, 2.45) is 0 Å². The Morgan fingerprint density at radius 1 is 0.938 bits per heavy atom. The van der Waals surface area contributed by atoms with Crippen LogP contribution in [0, 0.1) is 20.8 Å². The molecule has 0 saturated heterocycles. The molecule has 0 fully saturated rings. The van der Waals surface area contributed by atoms with Gasteiger partial charge in [-0.15, -0.1) is 0 Å². The Labute approximate surface area is 192 Å². The molecule has 0 radical (unpaired) electrons. The van der Waals surface area contributed by atoms with Crippen molar-refractivity contribution in [1.82, 2.24) is 4.98 Å². The first-order chi connectivity index (χ1) is 15.2. The highest BCUT2D eigenvalue weighted by Crippen LogP contribution is 2.33. The summed E-state index contributed by atoms with van der Waals surface area (Å²) in [6, 6.07) is 20.1. The van der Waals surface area contributed by atoms with Gasteiger partial charge < -0.3 is 0 Å². The van der Waals surface area contributed by atoms with E-state index in [-0.39, 0.29) is 11.4 Å². The summed E-state index contributed by atoms with van der Waals surface area (Å²) in [5, 5.41) is 0.502. The van der Waals surface area contributed by atoms with Gasteiger partial charge in [0.15, 0.2) is 15.0 Å². The number of hydrogen-bond acceptors (Lipinski definition) is 5. The van der Waals surface area contributed by atoms with Crippen molar-refractivity contribution in [3.05, 3.63) is 89.0 Å². The number of hydrogen-bond donors (Lipinski definition) is 0. The lowest BCUT2D eigenvalue weighted by molar-refractivity contribution is -0.116. The zero-order chi connectivity index (χ0) is 22.9. The summed E-state index contributed by atoms with van der Waals surface area (Å²) in [7, 11) is -3.78. The molecule has 0 aliphatic carbocycles. The average Bonchev–Trinajstić information content (AvgIpc) is 3.20. The average molecular weight is 465 g/mol. The lowest BCUT2D eigenvalue weighted by Gasteiger charge is -2.20. The van der Waals surface area contributed by atoms with Crippen molar-refractivity contribution in [2.75, 3.05) is 10.7 Å². The second-order valence-electron chi connectivity index (χ2n) is 7.89. The van der Waals surface area contributed by atoms with E-state index in [4.69, 9.17) is 4.98 Å². The number of amides is 1. The number of nitrogens with zero attached hydrogens (tertiary/aromatic N) is 2. The number of carbonyl (C=O) groups excluding carboxylic acids is 1. The van der Waals surface area contributed by atoms with Crippen LogP contribution < -0.4 is 4.90 Å². The predicted molar refractivity (Wildman–Crippen MR) is 130 cm³/mol. The Bertz CT molecular complexity index is 1380. The summed E-state index contributed by atoms with van der Waals surface area (Å²) in [5.41, 5.74) is 4.89. The van der Waals surface area contributed by atoms with Gasteiger partial charge in [0, 0.05) is 0 Å². The summed E-state index contributed by atoms with van der Waals surface area (Å²) in [6.07, 6.45) is 0. The molecule has 1 aromatic heterocycles. The van der Waals surface area contributed by atoms with Crippen LogP contribution in [-0.2, 0) is 21.2 Å². The first kappa shape index (κ1) is 22.2. The van der Waals surface area contributed by atoms with E-state index in [1.54, 1.807) is 24.3 Å². The van der Waals surface area contributed by atoms with E-state index in [0.29, 0.717) is 5.13 Å². The third-order valence-electron chi connectivity index (χ3n) is 5.48. The van der Waals surface area contributed by atoms with Gasteiger partial charge in [0.1, 0.15) is 5.75 Å². The van der Waals surface area contributed by atoms with E-state index in [0.717, 1.165) is 32.5 Å². The number of anilines is 1. The molecule has 0 atom stereocenters. The molecule has 3 aromatic carbocycles. The van der Waals surface area contributed by atoms with Crippen LogP contribution in [0.5, 0.6) is 0 Å². The van der Waals surface area contributed by atoms with Gasteiger partial charge >= 0.3 is 0 Å². The molecule has 0 saturated carbocycles. The topological polar surface area (TPSA) is 67.3 Å². The monoisotopic (exact) mass is 464 g/mol. The van der Waals surface area contributed by atoms with Crippen molar-refractivity contribution in [3.63, 3.8) is 0 Å². The summed E-state index contributed by atoms with van der Waals surface area (Å²) in [5.74, 6) is -1.11. The van der Waals surface area contributed by atoms with Gasteiger partial charge in [-0.25, -0.2) is 13.4 Å². The number of aryl methyl sites for hydroxylation is 3. The highest BCUT2D eigenvalue weighted by molar-refractivity contribution is 7.92. The fourth-order valence-electron chi connectivity index (χ4n) is 3.43. The van der Waals surface area contributed by atoms with E-state index >= 15 is 0 Å². The summed E-state index contributed by atoms with van der Waals surface area (Å²) in [6.45, 7) is 6.17.